The highest BCUT2D eigenvalue weighted by molar-refractivity contribution is 7.11. The fourth-order valence-corrected chi connectivity index (χ4v) is 3.06. The number of thiazole rings is 1. The van der Waals surface area contributed by atoms with Crippen molar-refractivity contribution in [1.82, 2.24) is 9.88 Å². The Kier molecular flexibility index (Phi) is 5.10. The molecule has 0 atom stereocenters. The van der Waals surface area contributed by atoms with Crippen LogP contribution in [-0.4, -0.2) is 23.0 Å². The molecule has 0 unspecified atom stereocenters. The molecule has 0 saturated carbocycles. The van der Waals surface area contributed by atoms with Gasteiger partial charge in [0.15, 0.2) is 0 Å². The number of aryl methyl sites for hydroxylation is 1. The van der Waals surface area contributed by atoms with Crippen molar-refractivity contribution in [2.45, 2.75) is 53.1 Å². The highest BCUT2D eigenvalue weighted by Crippen LogP contribution is 2.29. The Morgan fingerprint density at radius 2 is 1.82 bits per heavy atom. The van der Waals surface area contributed by atoms with Gasteiger partial charge in [-0.15, -0.1) is 11.3 Å². The Morgan fingerprint density at radius 1 is 1.24 bits per heavy atom. The van der Waals surface area contributed by atoms with Gasteiger partial charge in [0.2, 0.25) is 0 Å². The zero-order valence-corrected chi connectivity index (χ0v) is 12.5. The first-order valence-electron chi connectivity index (χ1n) is 6.42. The number of aromatic nitrogens is 1. The summed E-state index contributed by atoms with van der Waals surface area (Å²) in [6.07, 6.45) is 0.963. The minimum absolute atomic E-state index is 0.273. The number of rotatable bonds is 6. The van der Waals surface area contributed by atoms with Crippen molar-refractivity contribution in [1.29, 1.82) is 0 Å². The molecule has 0 aliphatic rings. The molecule has 1 heterocycles. The maximum Gasteiger partial charge on any atom is 0.107 e. The zero-order chi connectivity index (χ0) is 13.1. The van der Waals surface area contributed by atoms with Crippen molar-refractivity contribution in [3.63, 3.8) is 0 Å². The lowest BCUT2D eigenvalue weighted by atomic mass is 10.0. The van der Waals surface area contributed by atoms with Gasteiger partial charge in [-0.05, 0) is 33.4 Å². The van der Waals surface area contributed by atoms with Gasteiger partial charge in [-0.2, -0.15) is 0 Å². The summed E-state index contributed by atoms with van der Waals surface area (Å²) in [7, 11) is 0. The summed E-state index contributed by atoms with van der Waals surface area (Å²) in [6, 6.07) is 0. The van der Waals surface area contributed by atoms with Gasteiger partial charge in [-0.3, -0.25) is 4.90 Å². The molecule has 1 aromatic heterocycles. The predicted molar refractivity (Wildman–Crippen MR) is 75.3 cm³/mol. The Balaban J connectivity index is 2.93. The maximum atomic E-state index is 6.20. The fourth-order valence-electron chi connectivity index (χ4n) is 1.85. The van der Waals surface area contributed by atoms with E-state index in [0.29, 0.717) is 0 Å². The van der Waals surface area contributed by atoms with Crippen LogP contribution in [0.2, 0.25) is 0 Å². The topological polar surface area (TPSA) is 42.2 Å². The van der Waals surface area contributed by atoms with Crippen LogP contribution in [0.25, 0.3) is 0 Å². The molecule has 1 aromatic rings. The molecule has 0 spiro atoms. The van der Waals surface area contributed by atoms with Crippen LogP contribution >= 0.6 is 11.3 Å². The highest BCUT2D eigenvalue weighted by atomic mass is 32.1. The van der Waals surface area contributed by atoms with Crippen LogP contribution in [0.15, 0.2) is 0 Å². The molecule has 2 N–H and O–H groups in total. The maximum absolute atomic E-state index is 6.20. The molecule has 1 rings (SSSR count). The molecule has 17 heavy (non-hydrogen) atoms. The Morgan fingerprint density at radius 3 is 2.18 bits per heavy atom. The van der Waals surface area contributed by atoms with E-state index in [-0.39, 0.29) is 5.54 Å². The average Bonchev–Trinajstić information content (AvgIpc) is 2.68. The van der Waals surface area contributed by atoms with E-state index in [9.17, 15) is 0 Å². The van der Waals surface area contributed by atoms with Gasteiger partial charge in [-0.25, -0.2) is 4.98 Å². The van der Waals surface area contributed by atoms with Crippen molar-refractivity contribution < 1.29 is 0 Å². The van der Waals surface area contributed by atoms with Gasteiger partial charge < -0.3 is 5.73 Å². The number of hydrogen-bond acceptors (Lipinski definition) is 4. The molecule has 0 aliphatic carbocycles. The van der Waals surface area contributed by atoms with Gasteiger partial charge in [-0.1, -0.05) is 20.8 Å². The summed E-state index contributed by atoms with van der Waals surface area (Å²) in [4.78, 5) is 8.35. The first-order valence-corrected chi connectivity index (χ1v) is 7.24. The second-order valence-corrected chi connectivity index (χ2v) is 6.00. The lowest BCUT2D eigenvalue weighted by Crippen LogP contribution is -2.28. The number of nitrogens with two attached hydrogens (primary N) is 1. The minimum Gasteiger partial charge on any atom is -0.321 e. The van der Waals surface area contributed by atoms with Crippen LogP contribution in [0.1, 0.15) is 50.2 Å². The molecule has 0 bridgehead atoms. The molecule has 0 aromatic carbocycles. The summed E-state index contributed by atoms with van der Waals surface area (Å²) in [5, 5.41) is 1.19. The summed E-state index contributed by atoms with van der Waals surface area (Å²) in [5.41, 5.74) is 7.10. The first kappa shape index (κ1) is 14.6. The van der Waals surface area contributed by atoms with E-state index >= 15 is 0 Å². The molecule has 0 fully saturated rings. The Labute approximate surface area is 109 Å². The van der Waals surface area contributed by atoms with E-state index in [1.54, 1.807) is 11.3 Å². The normalized spacial score (nSPS) is 12.4. The van der Waals surface area contributed by atoms with Gasteiger partial charge in [0.1, 0.15) is 5.01 Å². The SMILES string of the molecule is CCc1nc(CN(CC)CC)sc1C(C)(C)N. The third kappa shape index (κ3) is 3.76. The van der Waals surface area contributed by atoms with Crippen LogP contribution < -0.4 is 5.73 Å². The minimum atomic E-state index is -0.273. The van der Waals surface area contributed by atoms with E-state index in [1.165, 1.54) is 15.6 Å². The summed E-state index contributed by atoms with van der Waals surface area (Å²) in [6.45, 7) is 13.7. The lowest BCUT2D eigenvalue weighted by molar-refractivity contribution is 0.295. The highest BCUT2D eigenvalue weighted by Gasteiger charge is 2.22. The van der Waals surface area contributed by atoms with Gasteiger partial charge >= 0.3 is 0 Å². The van der Waals surface area contributed by atoms with E-state index in [0.717, 1.165) is 26.1 Å². The molecular weight excluding hydrogens is 230 g/mol. The van der Waals surface area contributed by atoms with E-state index in [1.807, 2.05) is 0 Å². The Hall–Kier alpha value is -0.450. The monoisotopic (exact) mass is 255 g/mol. The molecule has 3 nitrogen and oxygen atoms in total. The predicted octanol–water partition coefficient (Wildman–Crippen LogP) is 2.74. The second kappa shape index (κ2) is 5.94. The van der Waals surface area contributed by atoms with Crippen LogP contribution in [0.5, 0.6) is 0 Å². The molecular formula is C13H25N3S. The molecule has 0 radical (unpaired) electrons. The number of hydrogen-bond donors (Lipinski definition) is 1. The van der Waals surface area contributed by atoms with Crippen molar-refractivity contribution in [3.05, 3.63) is 15.6 Å². The van der Waals surface area contributed by atoms with Crippen LogP contribution in [0.4, 0.5) is 0 Å². The van der Waals surface area contributed by atoms with E-state index < -0.39 is 0 Å². The standard InChI is InChI=1S/C13H25N3S/c1-6-10-12(13(4,5)14)17-11(15-10)9-16(7-2)8-3/h6-9,14H2,1-5H3. The van der Waals surface area contributed by atoms with Gasteiger partial charge in [0.25, 0.3) is 0 Å². The quantitative estimate of drug-likeness (QED) is 0.850. The zero-order valence-electron chi connectivity index (χ0n) is 11.7. The van der Waals surface area contributed by atoms with Crippen LogP contribution in [0, 0.1) is 0 Å². The van der Waals surface area contributed by atoms with E-state index in [2.05, 4.69) is 39.5 Å². The lowest BCUT2D eigenvalue weighted by Gasteiger charge is -2.17. The summed E-state index contributed by atoms with van der Waals surface area (Å²) < 4.78 is 0. The second-order valence-electron chi connectivity index (χ2n) is 4.92. The smallest absolute Gasteiger partial charge is 0.107 e. The summed E-state index contributed by atoms with van der Waals surface area (Å²) >= 11 is 1.77. The molecule has 0 saturated heterocycles. The van der Waals surface area contributed by atoms with Crippen molar-refractivity contribution in [2.24, 2.45) is 5.73 Å². The van der Waals surface area contributed by atoms with E-state index in [4.69, 9.17) is 10.7 Å². The van der Waals surface area contributed by atoms with Crippen LogP contribution in [-0.2, 0) is 18.5 Å². The van der Waals surface area contributed by atoms with Crippen molar-refractivity contribution in [3.8, 4) is 0 Å². The fraction of sp³-hybridized carbons (Fsp3) is 0.769. The van der Waals surface area contributed by atoms with Gasteiger partial charge in [0, 0.05) is 10.4 Å². The third-order valence-electron chi connectivity index (χ3n) is 2.92. The van der Waals surface area contributed by atoms with Crippen LogP contribution in [0.3, 0.4) is 0 Å². The first-order chi connectivity index (χ1) is 7.92. The number of nitrogens with zero attached hydrogens (tertiary/aromatic N) is 2. The average molecular weight is 255 g/mol. The van der Waals surface area contributed by atoms with Crippen molar-refractivity contribution >= 4 is 11.3 Å². The molecule has 4 heteroatoms. The Bertz CT molecular complexity index is 348. The molecule has 0 amide bonds. The largest absolute Gasteiger partial charge is 0.321 e. The van der Waals surface area contributed by atoms with Gasteiger partial charge in [0.05, 0.1) is 12.2 Å². The molecule has 0 aliphatic heterocycles. The third-order valence-corrected chi connectivity index (χ3v) is 4.34. The summed E-state index contributed by atoms with van der Waals surface area (Å²) in [5.74, 6) is 0. The van der Waals surface area contributed by atoms with Crippen molar-refractivity contribution in [2.75, 3.05) is 13.1 Å². The molecule has 98 valence electrons.